The predicted molar refractivity (Wildman–Crippen MR) is 31.9 cm³/mol. The fourth-order valence-corrected chi connectivity index (χ4v) is 0.333. The Kier molecular flexibility index (Phi) is 2.52. The summed E-state index contributed by atoms with van der Waals surface area (Å²) >= 11 is 3.80. The molecule has 2 nitrogen and oxygen atoms in total. The predicted octanol–water partition coefficient (Wildman–Crippen LogP) is 0.305. The van der Waals surface area contributed by atoms with Gasteiger partial charge in [0.25, 0.3) is 0 Å². The molecule has 0 aromatic heterocycles. The van der Waals surface area contributed by atoms with Crippen LogP contribution in [-0.2, 0) is 4.79 Å². The minimum atomic E-state index is -0.451. The van der Waals surface area contributed by atoms with Crippen molar-refractivity contribution < 1.29 is 4.79 Å². The summed E-state index contributed by atoms with van der Waals surface area (Å²) in [5.74, 6) is -0.451. The van der Waals surface area contributed by atoms with Gasteiger partial charge in [0.1, 0.15) is 0 Å². The van der Waals surface area contributed by atoms with Gasteiger partial charge in [-0.25, -0.2) is 0 Å². The molecule has 0 unspecified atom stereocenters. The molecule has 0 saturated heterocycles. The van der Waals surface area contributed by atoms with E-state index in [1.54, 1.807) is 6.92 Å². The number of carbonyl (C=O) groups excluding carboxylic acids is 1. The van der Waals surface area contributed by atoms with Gasteiger partial charge in [0.15, 0.2) is 0 Å². The van der Waals surface area contributed by atoms with Gasteiger partial charge < -0.3 is 5.73 Å². The maximum absolute atomic E-state index is 9.91. The fraction of sp³-hybridized carbons (Fsp3) is 0.250. The highest BCUT2D eigenvalue weighted by Gasteiger charge is 1.81. The first-order valence-corrected chi connectivity index (χ1v) is 2.24. The summed E-state index contributed by atoms with van der Waals surface area (Å²) in [7, 11) is 0. The van der Waals surface area contributed by atoms with Crippen molar-refractivity contribution in [2.24, 2.45) is 5.73 Å². The van der Waals surface area contributed by atoms with E-state index in [2.05, 4.69) is 12.6 Å². The quantitative estimate of drug-likeness (QED) is 0.376. The maximum Gasteiger partial charge on any atom is 0.242 e. The van der Waals surface area contributed by atoms with Crippen LogP contribution < -0.4 is 5.73 Å². The second kappa shape index (κ2) is 2.69. The van der Waals surface area contributed by atoms with Crippen LogP contribution in [0.1, 0.15) is 6.92 Å². The van der Waals surface area contributed by atoms with Crippen LogP contribution in [0, 0.1) is 0 Å². The third-order valence-corrected chi connectivity index (χ3v) is 0.480. The smallest absolute Gasteiger partial charge is 0.242 e. The fourth-order valence-electron chi connectivity index (χ4n) is 0.206. The van der Waals surface area contributed by atoms with E-state index in [1.165, 1.54) is 6.08 Å². The molecule has 0 fully saturated rings. The van der Waals surface area contributed by atoms with Crippen LogP contribution in [0.15, 0.2) is 11.0 Å². The van der Waals surface area contributed by atoms with E-state index in [4.69, 9.17) is 5.73 Å². The number of rotatable bonds is 1. The van der Waals surface area contributed by atoms with Gasteiger partial charge in [0.2, 0.25) is 5.91 Å². The Morgan fingerprint density at radius 2 is 2.29 bits per heavy atom. The van der Waals surface area contributed by atoms with E-state index >= 15 is 0 Å². The van der Waals surface area contributed by atoms with Crippen LogP contribution in [0.2, 0.25) is 0 Å². The van der Waals surface area contributed by atoms with Crippen LogP contribution in [0.3, 0.4) is 0 Å². The minimum absolute atomic E-state index is 0.451. The first-order valence-electron chi connectivity index (χ1n) is 1.79. The average molecular weight is 117 g/mol. The van der Waals surface area contributed by atoms with Crippen LogP contribution in [-0.4, -0.2) is 5.91 Å². The number of amides is 1. The second-order valence-electron chi connectivity index (χ2n) is 1.19. The second-order valence-corrected chi connectivity index (χ2v) is 1.89. The van der Waals surface area contributed by atoms with Crippen molar-refractivity contribution in [2.45, 2.75) is 6.92 Å². The van der Waals surface area contributed by atoms with Crippen molar-refractivity contribution in [1.82, 2.24) is 0 Å². The minimum Gasteiger partial charge on any atom is -0.366 e. The Bertz CT molecular complexity index is 104. The van der Waals surface area contributed by atoms with Gasteiger partial charge in [-0.1, -0.05) is 0 Å². The molecule has 0 heterocycles. The summed E-state index contributed by atoms with van der Waals surface area (Å²) in [4.78, 5) is 10.5. The number of hydrogen-bond donors (Lipinski definition) is 2. The molecule has 0 aliphatic rings. The zero-order chi connectivity index (χ0) is 5.86. The third kappa shape index (κ3) is 5.56. The van der Waals surface area contributed by atoms with Crippen molar-refractivity contribution in [3.8, 4) is 0 Å². The molecule has 0 aliphatic carbocycles. The molecule has 1 amide bonds. The lowest BCUT2D eigenvalue weighted by Crippen LogP contribution is -2.05. The van der Waals surface area contributed by atoms with E-state index in [0.29, 0.717) is 4.91 Å². The normalized spacial score (nSPS) is 11.4. The van der Waals surface area contributed by atoms with Crippen LogP contribution in [0.25, 0.3) is 0 Å². The molecule has 0 saturated carbocycles. The van der Waals surface area contributed by atoms with Crippen molar-refractivity contribution in [3.05, 3.63) is 11.0 Å². The summed E-state index contributed by atoms with van der Waals surface area (Å²) < 4.78 is 0. The van der Waals surface area contributed by atoms with E-state index in [1.807, 2.05) is 0 Å². The van der Waals surface area contributed by atoms with Gasteiger partial charge in [0.05, 0.1) is 0 Å². The topological polar surface area (TPSA) is 43.1 Å². The summed E-state index contributed by atoms with van der Waals surface area (Å²) in [6.45, 7) is 1.69. The molecule has 40 valence electrons. The maximum atomic E-state index is 9.91. The third-order valence-electron chi connectivity index (χ3n) is 0.351. The first-order chi connectivity index (χ1) is 3.13. The molecule has 7 heavy (non-hydrogen) atoms. The van der Waals surface area contributed by atoms with E-state index in [0.717, 1.165) is 0 Å². The summed E-state index contributed by atoms with van der Waals surface area (Å²) in [5.41, 5.74) is 4.73. The van der Waals surface area contributed by atoms with Crippen molar-refractivity contribution in [3.63, 3.8) is 0 Å². The van der Waals surface area contributed by atoms with Crippen molar-refractivity contribution >= 4 is 18.5 Å². The lowest BCUT2D eigenvalue weighted by Gasteiger charge is -1.80. The summed E-state index contributed by atoms with van der Waals surface area (Å²) in [5, 5.41) is 0. The Morgan fingerprint density at radius 3 is 2.29 bits per heavy atom. The molecular formula is C4H7NOS. The Morgan fingerprint density at radius 1 is 1.86 bits per heavy atom. The summed E-state index contributed by atoms with van der Waals surface area (Å²) in [6, 6.07) is 0. The molecular weight excluding hydrogens is 110 g/mol. The van der Waals surface area contributed by atoms with Crippen molar-refractivity contribution in [2.75, 3.05) is 0 Å². The molecule has 0 aliphatic heterocycles. The Balaban J connectivity index is 3.68. The van der Waals surface area contributed by atoms with Crippen LogP contribution in [0.4, 0.5) is 0 Å². The summed E-state index contributed by atoms with van der Waals surface area (Å²) in [6.07, 6.45) is 1.25. The van der Waals surface area contributed by atoms with E-state index < -0.39 is 5.91 Å². The number of carbonyl (C=O) groups is 1. The highest BCUT2D eigenvalue weighted by atomic mass is 32.1. The Hall–Kier alpha value is -0.440. The van der Waals surface area contributed by atoms with E-state index in [-0.39, 0.29) is 0 Å². The lowest BCUT2D eigenvalue weighted by molar-refractivity contribution is -0.113. The number of primary amides is 1. The van der Waals surface area contributed by atoms with Gasteiger partial charge in [0, 0.05) is 6.08 Å². The Labute approximate surface area is 47.8 Å². The molecule has 0 atom stereocenters. The van der Waals surface area contributed by atoms with Crippen molar-refractivity contribution in [1.29, 1.82) is 0 Å². The molecule has 3 heteroatoms. The molecule has 0 rings (SSSR count). The van der Waals surface area contributed by atoms with E-state index in [9.17, 15) is 4.79 Å². The largest absolute Gasteiger partial charge is 0.366 e. The first kappa shape index (κ1) is 6.56. The average Bonchev–Trinajstić information content (AvgIpc) is 1.27. The van der Waals surface area contributed by atoms with Gasteiger partial charge in [-0.2, -0.15) is 0 Å². The zero-order valence-electron chi connectivity index (χ0n) is 4.01. The molecule has 2 N–H and O–H groups in total. The molecule has 0 radical (unpaired) electrons. The number of thiol groups is 1. The molecule has 0 aromatic carbocycles. The van der Waals surface area contributed by atoms with Crippen LogP contribution >= 0.6 is 12.6 Å². The van der Waals surface area contributed by atoms with Gasteiger partial charge in [-0.05, 0) is 11.8 Å². The molecule has 0 bridgehead atoms. The standard InChI is InChI=1S/C4H7NOS/c1-3(7)2-4(5)6/h2,7H,1H3,(H2,5,6)/b3-2-. The SMILES string of the molecule is C/C(S)=C/C(N)=O. The zero-order valence-corrected chi connectivity index (χ0v) is 4.90. The molecule has 0 spiro atoms. The van der Waals surface area contributed by atoms with Gasteiger partial charge in [-0.3, -0.25) is 4.79 Å². The molecule has 0 aromatic rings. The highest BCUT2D eigenvalue weighted by Crippen LogP contribution is 1.93. The lowest BCUT2D eigenvalue weighted by atomic mass is 10.5. The highest BCUT2D eigenvalue weighted by molar-refractivity contribution is 7.84. The number of nitrogens with two attached hydrogens (primary N) is 1. The van der Waals surface area contributed by atoms with Crippen LogP contribution in [0.5, 0.6) is 0 Å². The number of hydrogen-bond acceptors (Lipinski definition) is 2. The monoisotopic (exact) mass is 117 g/mol. The van der Waals surface area contributed by atoms with Gasteiger partial charge >= 0.3 is 0 Å². The van der Waals surface area contributed by atoms with Gasteiger partial charge in [-0.15, -0.1) is 12.6 Å². The number of allylic oxidation sites excluding steroid dienone is 1.